The van der Waals surface area contributed by atoms with Crippen molar-refractivity contribution in [1.29, 1.82) is 0 Å². The van der Waals surface area contributed by atoms with E-state index in [9.17, 15) is 0 Å². The summed E-state index contributed by atoms with van der Waals surface area (Å²) in [7, 11) is 0. The molecule has 256 valence electrons. The number of furan rings is 1. The van der Waals surface area contributed by atoms with Crippen molar-refractivity contribution in [1.82, 2.24) is 0 Å². The Labute approximate surface area is 304 Å². The highest BCUT2D eigenvalue weighted by molar-refractivity contribution is 7.00. The normalized spacial score (nSPS) is 16.9. The lowest BCUT2D eigenvalue weighted by Crippen LogP contribution is -2.61. The SMILES string of the molecule is CC(C)c1cc2c3c(c1)N(c1ccccc1)c1c(oc4cc5c(cc14)C(C)(C)CCC5(C)C)B3c1cc(C(C)(C)C)ccc1N2c1ccccc1. The molecule has 3 nitrogen and oxygen atoms in total. The van der Waals surface area contributed by atoms with Crippen LogP contribution in [0.15, 0.2) is 108 Å². The van der Waals surface area contributed by atoms with Crippen molar-refractivity contribution in [2.75, 3.05) is 9.80 Å². The van der Waals surface area contributed by atoms with Gasteiger partial charge in [-0.05, 0) is 123 Å². The third kappa shape index (κ3) is 4.78. The van der Waals surface area contributed by atoms with Crippen molar-refractivity contribution in [3.8, 4) is 0 Å². The molecule has 9 rings (SSSR count). The largest absolute Gasteiger partial charge is 0.468 e. The Bertz CT molecular complexity index is 2340. The maximum Gasteiger partial charge on any atom is 0.297 e. The van der Waals surface area contributed by atoms with E-state index in [0.29, 0.717) is 5.92 Å². The summed E-state index contributed by atoms with van der Waals surface area (Å²) >= 11 is 0. The van der Waals surface area contributed by atoms with Crippen molar-refractivity contribution < 1.29 is 4.42 Å². The maximum atomic E-state index is 7.36. The minimum atomic E-state index is -0.0612. The quantitative estimate of drug-likeness (QED) is 0.175. The summed E-state index contributed by atoms with van der Waals surface area (Å²) in [4.78, 5) is 5.03. The van der Waals surface area contributed by atoms with Crippen molar-refractivity contribution in [3.63, 3.8) is 0 Å². The van der Waals surface area contributed by atoms with Crippen LogP contribution in [0.1, 0.15) is 103 Å². The Kier molecular flexibility index (Phi) is 6.89. The Morgan fingerprint density at radius 2 is 1.24 bits per heavy atom. The van der Waals surface area contributed by atoms with E-state index < -0.39 is 0 Å². The zero-order valence-electron chi connectivity index (χ0n) is 31.7. The first-order valence-corrected chi connectivity index (χ1v) is 18.9. The van der Waals surface area contributed by atoms with E-state index in [1.807, 2.05) is 0 Å². The summed E-state index contributed by atoms with van der Waals surface area (Å²) in [6, 6.07) is 38.9. The average molecular weight is 669 g/mol. The first-order chi connectivity index (χ1) is 24.2. The van der Waals surface area contributed by atoms with Crippen LogP contribution < -0.4 is 26.4 Å². The van der Waals surface area contributed by atoms with Gasteiger partial charge in [-0.25, -0.2) is 0 Å². The highest BCUT2D eigenvalue weighted by atomic mass is 16.3. The van der Waals surface area contributed by atoms with E-state index in [2.05, 4.69) is 175 Å². The van der Waals surface area contributed by atoms with Gasteiger partial charge in [0.25, 0.3) is 6.71 Å². The predicted molar refractivity (Wildman–Crippen MR) is 218 cm³/mol. The molecule has 0 saturated heterocycles. The minimum absolute atomic E-state index is 0.00508. The van der Waals surface area contributed by atoms with Crippen molar-refractivity contribution in [2.24, 2.45) is 0 Å². The summed E-state index contributed by atoms with van der Waals surface area (Å²) in [6.07, 6.45) is 2.34. The molecule has 3 aliphatic rings. The van der Waals surface area contributed by atoms with Crippen LogP contribution in [0.4, 0.5) is 34.1 Å². The molecule has 0 N–H and O–H groups in total. The second-order valence-corrected chi connectivity index (χ2v) is 17.9. The molecule has 0 fully saturated rings. The molecule has 0 bridgehead atoms. The molecule has 0 saturated carbocycles. The molecule has 0 unspecified atom stereocenters. The predicted octanol–water partition coefficient (Wildman–Crippen LogP) is 11.3. The molecule has 0 amide bonds. The van der Waals surface area contributed by atoms with Gasteiger partial charge in [0.05, 0.1) is 11.3 Å². The Morgan fingerprint density at radius 3 is 1.82 bits per heavy atom. The number of fused-ring (bicyclic) bond motifs is 7. The first-order valence-electron chi connectivity index (χ1n) is 18.9. The number of rotatable bonds is 3. The summed E-state index contributed by atoms with van der Waals surface area (Å²) in [6.45, 7) is 21.2. The van der Waals surface area contributed by atoms with Gasteiger partial charge in [0.1, 0.15) is 5.58 Å². The van der Waals surface area contributed by atoms with E-state index in [1.165, 1.54) is 79.8 Å². The van der Waals surface area contributed by atoms with E-state index >= 15 is 0 Å². The van der Waals surface area contributed by atoms with Gasteiger partial charge in [-0.15, -0.1) is 0 Å². The molecular formula is C47H49BN2O. The molecule has 4 heteroatoms. The zero-order valence-corrected chi connectivity index (χ0v) is 31.7. The van der Waals surface area contributed by atoms with Crippen LogP contribution in [0.2, 0.25) is 0 Å². The average Bonchev–Trinajstić information content (AvgIpc) is 3.48. The Morgan fingerprint density at radius 1 is 0.667 bits per heavy atom. The molecule has 1 aromatic heterocycles. The van der Waals surface area contributed by atoms with Gasteiger partial charge in [0.2, 0.25) is 0 Å². The van der Waals surface area contributed by atoms with E-state index in [1.54, 1.807) is 0 Å². The third-order valence-electron chi connectivity index (χ3n) is 12.2. The van der Waals surface area contributed by atoms with Crippen LogP contribution in [0, 0.1) is 0 Å². The van der Waals surface area contributed by atoms with Crippen molar-refractivity contribution >= 4 is 68.4 Å². The number of benzene rings is 5. The van der Waals surface area contributed by atoms with Gasteiger partial charge in [-0.1, -0.05) is 111 Å². The number of anilines is 6. The smallest absolute Gasteiger partial charge is 0.297 e. The standard InChI is InChI=1S/C47H49BN2O/c1-29(2)30-24-39-42-40(25-30)50(33-18-14-11-15-19-33)43-34-27-35-36(47(8,9)23-22-46(35,6)7)28-41(34)51-44(43)48(42)37-26-31(45(3,4)5)20-21-38(37)49(39)32-16-12-10-13-17-32/h10-21,24-29H,22-23H2,1-9H3. The zero-order chi connectivity index (χ0) is 35.6. The van der Waals surface area contributed by atoms with Crippen molar-refractivity contribution in [2.45, 2.75) is 97.3 Å². The molecule has 51 heavy (non-hydrogen) atoms. The lowest BCUT2D eigenvalue weighted by atomic mass is 9.35. The second kappa shape index (κ2) is 10.9. The van der Waals surface area contributed by atoms with E-state index in [-0.39, 0.29) is 23.0 Å². The summed E-state index contributed by atoms with van der Waals surface area (Å²) in [5, 5.41) is 1.21. The lowest BCUT2D eigenvalue weighted by molar-refractivity contribution is 0.332. The molecule has 0 spiro atoms. The molecule has 6 aromatic rings. The highest BCUT2D eigenvalue weighted by Crippen LogP contribution is 2.51. The Balaban J connectivity index is 1.45. The van der Waals surface area contributed by atoms with Gasteiger partial charge in [0.15, 0.2) is 0 Å². The van der Waals surface area contributed by atoms with Crippen LogP contribution in [-0.2, 0) is 16.2 Å². The first kappa shape index (κ1) is 32.2. The maximum absolute atomic E-state index is 7.36. The molecule has 1 aliphatic carbocycles. The monoisotopic (exact) mass is 668 g/mol. The van der Waals surface area contributed by atoms with Crippen molar-refractivity contribution in [3.05, 3.63) is 125 Å². The van der Waals surface area contributed by atoms with Gasteiger partial charge in [-0.3, -0.25) is 0 Å². The minimum Gasteiger partial charge on any atom is -0.468 e. The van der Waals surface area contributed by atoms with Gasteiger partial charge >= 0.3 is 0 Å². The molecule has 0 atom stereocenters. The number of hydrogen-bond donors (Lipinski definition) is 0. The summed E-state index contributed by atoms with van der Waals surface area (Å²) in [5.41, 5.74) is 17.6. The van der Waals surface area contributed by atoms with Crippen LogP contribution >= 0.6 is 0 Å². The fourth-order valence-corrected chi connectivity index (χ4v) is 9.07. The van der Waals surface area contributed by atoms with Gasteiger partial charge < -0.3 is 14.2 Å². The van der Waals surface area contributed by atoms with E-state index in [0.717, 1.165) is 16.9 Å². The van der Waals surface area contributed by atoms with E-state index in [4.69, 9.17) is 4.42 Å². The highest BCUT2D eigenvalue weighted by Gasteiger charge is 2.48. The summed E-state index contributed by atoms with van der Waals surface area (Å²) < 4.78 is 7.36. The van der Waals surface area contributed by atoms with Crippen LogP contribution in [-0.4, -0.2) is 6.71 Å². The molecule has 2 aliphatic heterocycles. The fourth-order valence-electron chi connectivity index (χ4n) is 9.07. The molecule has 5 aromatic carbocycles. The number of hydrogen-bond acceptors (Lipinski definition) is 3. The van der Waals surface area contributed by atoms with Gasteiger partial charge in [0, 0.05) is 33.8 Å². The molecule has 0 radical (unpaired) electrons. The number of para-hydroxylation sites is 2. The van der Waals surface area contributed by atoms with Crippen LogP contribution in [0.25, 0.3) is 11.0 Å². The van der Waals surface area contributed by atoms with Crippen LogP contribution in [0.3, 0.4) is 0 Å². The Hall–Kier alpha value is -4.70. The lowest BCUT2D eigenvalue weighted by Gasteiger charge is -2.43. The number of nitrogens with zero attached hydrogens (tertiary/aromatic N) is 2. The molecular weight excluding hydrogens is 619 g/mol. The van der Waals surface area contributed by atoms with Gasteiger partial charge in [-0.2, -0.15) is 0 Å². The topological polar surface area (TPSA) is 19.6 Å². The second-order valence-electron chi connectivity index (χ2n) is 17.9. The third-order valence-corrected chi connectivity index (χ3v) is 12.2. The molecule has 3 heterocycles. The van der Waals surface area contributed by atoms with Crippen LogP contribution in [0.5, 0.6) is 0 Å². The summed E-state index contributed by atoms with van der Waals surface area (Å²) in [5.74, 6) is 0.349. The fraction of sp³-hybridized carbons (Fsp3) is 0.319.